The van der Waals surface area contributed by atoms with Crippen LogP contribution in [0.3, 0.4) is 0 Å². The molecule has 0 aliphatic rings. The third-order valence-corrected chi connectivity index (χ3v) is 7.85. The van der Waals surface area contributed by atoms with Crippen LogP contribution in [0.15, 0.2) is 53.4 Å². The van der Waals surface area contributed by atoms with Crippen molar-refractivity contribution in [2.24, 2.45) is 0 Å². The summed E-state index contributed by atoms with van der Waals surface area (Å²) in [4.78, 5) is 12.2. The summed E-state index contributed by atoms with van der Waals surface area (Å²) >= 11 is 5.86. The molecule has 0 atom stereocenters. The van der Waals surface area contributed by atoms with Gasteiger partial charge in [-0.15, -0.1) is 0 Å². The molecule has 12 heteroatoms. The molecule has 0 heterocycles. The lowest BCUT2D eigenvalue weighted by Crippen LogP contribution is -2.32. The molecule has 0 radical (unpaired) electrons. The summed E-state index contributed by atoms with van der Waals surface area (Å²) in [6.45, 7) is 0.613. The van der Waals surface area contributed by atoms with Crippen molar-refractivity contribution in [2.45, 2.75) is 17.7 Å². The van der Waals surface area contributed by atoms with Gasteiger partial charge in [-0.2, -0.15) is 0 Å². The number of amides is 1. The molecule has 0 bridgehead atoms. The number of nitrogens with zero attached hydrogens (tertiary/aromatic N) is 2. The van der Waals surface area contributed by atoms with Crippen molar-refractivity contribution < 1.29 is 26.4 Å². The van der Waals surface area contributed by atoms with Crippen molar-refractivity contribution in [3.8, 4) is 5.75 Å². The number of sulfonamides is 2. The average Bonchev–Trinajstić information content (AvgIpc) is 2.74. The van der Waals surface area contributed by atoms with Gasteiger partial charge in [-0.1, -0.05) is 11.6 Å². The van der Waals surface area contributed by atoms with Crippen LogP contribution in [0.1, 0.15) is 12.8 Å². The van der Waals surface area contributed by atoms with E-state index >= 15 is 0 Å². The second-order valence-electron chi connectivity index (χ2n) is 7.37. The zero-order valence-electron chi connectivity index (χ0n) is 18.7. The highest BCUT2D eigenvalue weighted by Gasteiger charge is 2.18. The Bertz CT molecular complexity index is 1140. The average molecular weight is 518 g/mol. The molecular formula is C21H28ClN3O6S2. The molecule has 0 saturated carbocycles. The number of ether oxygens (including phenoxy) is 1. The Labute approximate surface area is 200 Å². The molecule has 1 amide bonds. The highest BCUT2D eigenvalue weighted by atomic mass is 35.5. The van der Waals surface area contributed by atoms with Crippen LogP contribution in [0.5, 0.6) is 5.75 Å². The van der Waals surface area contributed by atoms with Crippen LogP contribution in [0, 0.1) is 0 Å². The number of carbonyl (C=O) groups is 1. The molecule has 1 N–H and O–H groups in total. The smallest absolute Gasteiger partial charge is 0.242 e. The SMILES string of the molecule is CN(C)S(=O)(=O)c1ccc(OCCNC(=O)CCCN(c2ccc(Cl)cc2)S(C)(=O)=O)cc1. The van der Waals surface area contributed by atoms with Crippen molar-refractivity contribution in [2.75, 3.05) is 44.4 Å². The first-order valence-electron chi connectivity index (χ1n) is 10.1. The minimum absolute atomic E-state index is 0.150. The van der Waals surface area contributed by atoms with Gasteiger partial charge < -0.3 is 10.1 Å². The van der Waals surface area contributed by atoms with Gasteiger partial charge >= 0.3 is 0 Å². The van der Waals surface area contributed by atoms with Crippen molar-refractivity contribution in [1.29, 1.82) is 0 Å². The summed E-state index contributed by atoms with van der Waals surface area (Å²) < 4.78 is 56.2. The van der Waals surface area contributed by atoms with Crippen LogP contribution < -0.4 is 14.4 Å². The number of halogens is 1. The monoisotopic (exact) mass is 517 g/mol. The third-order valence-electron chi connectivity index (χ3n) is 4.58. The van der Waals surface area contributed by atoms with Gasteiger partial charge in [0.25, 0.3) is 0 Å². The molecule has 0 saturated heterocycles. The van der Waals surface area contributed by atoms with E-state index in [0.29, 0.717) is 22.9 Å². The topological polar surface area (TPSA) is 113 Å². The molecule has 0 aliphatic carbocycles. The Morgan fingerprint density at radius 1 is 1.00 bits per heavy atom. The lowest BCUT2D eigenvalue weighted by Gasteiger charge is -2.22. The van der Waals surface area contributed by atoms with Gasteiger partial charge in [0.05, 0.1) is 23.4 Å². The quantitative estimate of drug-likeness (QED) is 0.432. The van der Waals surface area contributed by atoms with Gasteiger partial charge in [0, 0.05) is 32.1 Å². The summed E-state index contributed by atoms with van der Waals surface area (Å²) in [6, 6.07) is 12.5. The fraction of sp³-hybridized carbons (Fsp3) is 0.381. The third kappa shape index (κ3) is 8.18. The molecule has 9 nitrogen and oxygen atoms in total. The van der Waals surface area contributed by atoms with Gasteiger partial charge in [-0.25, -0.2) is 21.1 Å². The van der Waals surface area contributed by atoms with Crippen LogP contribution in [0.4, 0.5) is 5.69 Å². The zero-order chi connectivity index (χ0) is 24.6. The highest BCUT2D eigenvalue weighted by Crippen LogP contribution is 2.21. The number of hydrogen-bond acceptors (Lipinski definition) is 6. The van der Waals surface area contributed by atoms with Gasteiger partial charge in [0.1, 0.15) is 12.4 Å². The maximum atomic E-state index is 12.1. The fourth-order valence-electron chi connectivity index (χ4n) is 2.84. The molecule has 0 unspecified atom stereocenters. The second kappa shape index (κ2) is 11.7. The zero-order valence-corrected chi connectivity index (χ0v) is 21.1. The first kappa shape index (κ1) is 26.9. The largest absolute Gasteiger partial charge is 0.492 e. The number of benzene rings is 2. The van der Waals surface area contributed by atoms with Crippen molar-refractivity contribution >= 4 is 43.2 Å². The molecule has 2 aromatic rings. The van der Waals surface area contributed by atoms with E-state index in [0.717, 1.165) is 10.6 Å². The van der Waals surface area contributed by atoms with Gasteiger partial charge in [0.15, 0.2) is 0 Å². The summed E-state index contributed by atoms with van der Waals surface area (Å²) in [7, 11) is -4.09. The molecule has 0 aliphatic heterocycles. The fourth-order valence-corrected chi connectivity index (χ4v) is 4.84. The molecule has 2 aromatic carbocycles. The van der Waals surface area contributed by atoms with E-state index in [1.807, 2.05) is 0 Å². The van der Waals surface area contributed by atoms with E-state index in [1.54, 1.807) is 36.4 Å². The van der Waals surface area contributed by atoms with E-state index in [1.165, 1.54) is 30.5 Å². The second-order valence-corrected chi connectivity index (χ2v) is 11.9. The Kier molecular flexibility index (Phi) is 9.53. The Hall–Kier alpha value is -2.34. The molecule has 0 aromatic heterocycles. The highest BCUT2D eigenvalue weighted by molar-refractivity contribution is 7.92. The molecule has 2 rings (SSSR count). The standard InChI is InChI=1S/C21H28ClN3O6S2/c1-24(2)33(29,30)20-12-10-19(11-13-20)31-16-14-23-21(26)5-4-15-25(32(3,27)28)18-8-6-17(22)7-9-18/h6-13H,4-5,14-16H2,1-3H3,(H,23,26). The lowest BCUT2D eigenvalue weighted by atomic mass is 10.2. The number of carbonyl (C=O) groups excluding carboxylic acids is 1. The Morgan fingerprint density at radius 3 is 2.15 bits per heavy atom. The number of hydrogen-bond donors (Lipinski definition) is 1. The molecular weight excluding hydrogens is 490 g/mol. The lowest BCUT2D eigenvalue weighted by molar-refractivity contribution is -0.121. The number of anilines is 1. The van der Waals surface area contributed by atoms with E-state index in [9.17, 15) is 21.6 Å². The molecule has 33 heavy (non-hydrogen) atoms. The normalized spacial score (nSPS) is 11.9. The number of nitrogens with one attached hydrogen (secondary N) is 1. The van der Waals surface area contributed by atoms with Gasteiger partial charge in [-0.3, -0.25) is 9.10 Å². The molecule has 182 valence electrons. The van der Waals surface area contributed by atoms with Crippen LogP contribution in [0.2, 0.25) is 5.02 Å². The minimum Gasteiger partial charge on any atom is -0.492 e. The van der Waals surface area contributed by atoms with Crippen LogP contribution in [-0.4, -0.2) is 67.1 Å². The Balaban J connectivity index is 1.75. The summed E-state index contributed by atoms with van der Waals surface area (Å²) in [5, 5.41) is 3.21. The first-order chi connectivity index (χ1) is 15.4. The maximum Gasteiger partial charge on any atom is 0.242 e. The predicted octanol–water partition coefficient (Wildman–Crippen LogP) is 2.33. The van der Waals surface area contributed by atoms with Crippen molar-refractivity contribution in [3.63, 3.8) is 0 Å². The van der Waals surface area contributed by atoms with Gasteiger partial charge in [-0.05, 0) is 55.0 Å². The summed E-state index contributed by atoms with van der Waals surface area (Å²) in [6.07, 6.45) is 1.60. The minimum atomic E-state index is -3.50. The van der Waals surface area contributed by atoms with Gasteiger partial charge in [0.2, 0.25) is 26.0 Å². The van der Waals surface area contributed by atoms with Crippen molar-refractivity contribution in [1.82, 2.24) is 9.62 Å². The Morgan fingerprint density at radius 2 is 1.61 bits per heavy atom. The van der Waals surface area contributed by atoms with Crippen LogP contribution in [-0.2, 0) is 24.8 Å². The summed E-state index contributed by atoms with van der Waals surface area (Å²) in [5.41, 5.74) is 0.486. The van der Waals surface area contributed by atoms with E-state index in [2.05, 4.69) is 5.32 Å². The first-order valence-corrected chi connectivity index (χ1v) is 13.7. The van der Waals surface area contributed by atoms with Crippen molar-refractivity contribution in [3.05, 3.63) is 53.6 Å². The summed E-state index contributed by atoms with van der Waals surface area (Å²) in [5.74, 6) is 0.254. The van der Waals surface area contributed by atoms with Crippen LogP contribution in [0.25, 0.3) is 0 Å². The molecule has 0 spiro atoms. The van der Waals surface area contributed by atoms with E-state index < -0.39 is 20.0 Å². The van der Waals surface area contributed by atoms with E-state index in [-0.39, 0.29) is 36.9 Å². The molecule has 0 fully saturated rings. The maximum absolute atomic E-state index is 12.1. The van der Waals surface area contributed by atoms with E-state index in [4.69, 9.17) is 16.3 Å². The predicted molar refractivity (Wildman–Crippen MR) is 129 cm³/mol. The number of rotatable bonds is 12. The van der Waals surface area contributed by atoms with Crippen LogP contribution >= 0.6 is 11.6 Å².